The second-order valence-corrected chi connectivity index (χ2v) is 10.2. The van der Waals surface area contributed by atoms with Gasteiger partial charge in [0.25, 0.3) is 5.91 Å². The average Bonchev–Trinajstić information content (AvgIpc) is 2.56. The molecule has 0 saturated carbocycles. The summed E-state index contributed by atoms with van der Waals surface area (Å²) in [4.78, 5) is 12.4. The van der Waals surface area contributed by atoms with E-state index in [1.54, 1.807) is 12.1 Å². The summed E-state index contributed by atoms with van der Waals surface area (Å²) < 4.78 is 0.176. The van der Waals surface area contributed by atoms with Gasteiger partial charge in [0, 0.05) is 12.7 Å². The molecule has 0 saturated heterocycles. The molecule has 2 aromatic carbocycles. The van der Waals surface area contributed by atoms with Crippen LogP contribution in [0.15, 0.2) is 48.5 Å². The topological polar surface area (TPSA) is 53.2 Å². The zero-order chi connectivity index (χ0) is 19.3. The predicted octanol–water partition coefficient (Wildman–Crippen LogP) is 5.31. The number of amides is 1. The molecule has 10 heteroatoms. The monoisotopic (exact) mass is 653 g/mol. The number of carbonyl (C=O) groups excluding carboxylic acids is 1. The molecule has 0 unspecified atom stereocenters. The molecule has 0 radical (unpaired) electrons. The Morgan fingerprint density at radius 2 is 1.62 bits per heavy atom. The Kier molecular flexibility index (Phi) is 8.48. The van der Waals surface area contributed by atoms with Crippen molar-refractivity contribution in [3.8, 4) is 0 Å². The minimum Gasteiger partial charge on any atom is -0.339 e. The summed E-state index contributed by atoms with van der Waals surface area (Å²) in [6, 6.07) is 14.6. The fourth-order valence-corrected chi connectivity index (χ4v) is 3.30. The molecule has 138 valence electrons. The van der Waals surface area contributed by atoms with Crippen LogP contribution >= 0.6 is 92.2 Å². The lowest BCUT2D eigenvalue weighted by Gasteiger charge is -2.28. The van der Waals surface area contributed by atoms with Crippen molar-refractivity contribution in [1.82, 2.24) is 10.6 Å². The molecule has 2 aromatic rings. The molecular weight excluding hydrogens is 642 g/mol. The van der Waals surface area contributed by atoms with Crippen molar-refractivity contribution in [2.45, 2.75) is 9.96 Å². The van der Waals surface area contributed by atoms with Crippen LogP contribution in [0.4, 0.5) is 5.69 Å². The second kappa shape index (κ2) is 9.92. The molecule has 0 aliphatic carbocycles. The van der Waals surface area contributed by atoms with Crippen molar-refractivity contribution in [2.75, 3.05) is 5.32 Å². The molecule has 0 aliphatic rings. The molecule has 4 nitrogen and oxygen atoms in total. The molecule has 0 aliphatic heterocycles. The first-order valence-corrected chi connectivity index (χ1v) is 10.8. The highest BCUT2D eigenvalue weighted by atomic mass is 127. The third-order valence-corrected chi connectivity index (χ3v) is 5.64. The fourth-order valence-electron chi connectivity index (χ4n) is 1.87. The van der Waals surface area contributed by atoms with E-state index < -0.39 is 9.96 Å². The normalized spacial score (nSPS) is 12.2. The lowest BCUT2D eigenvalue weighted by Crippen LogP contribution is -2.56. The third-order valence-electron chi connectivity index (χ3n) is 3.11. The molecule has 26 heavy (non-hydrogen) atoms. The molecule has 0 heterocycles. The molecule has 1 atom stereocenters. The maximum absolute atomic E-state index is 12.4. The van der Waals surface area contributed by atoms with E-state index in [4.69, 9.17) is 47.0 Å². The summed E-state index contributed by atoms with van der Waals surface area (Å²) in [5.74, 6) is -0.387. The summed E-state index contributed by atoms with van der Waals surface area (Å²) in [6.07, 6.45) is -1.03. The van der Waals surface area contributed by atoms with Crippen LogP contribution in [0.2, 0.25) is 0 Å². The predicted molar refractivity (Wildman–Crippen MR) is 129 cm³/mol. The first kappa shape index (κ1) is 22.2. The highest BCUT2D eigenvalue weighted by molar-refractivity contribution is 14.1. The molecule has 0 bridgehead atoms. The smallest absolute Gasteiger partial charge is 0.252 e. The number of nitrogens with one attached hydrogen (secondary N) is 3. The third kappa shape index (κ3) is 6.83. The van der Waals surface area contributed by atoms with Crippen molar-refractivity contribution < 1.29 is 4.79 Å². The minimum absolute atomic E-state index is 0.216. The van der Waals surface area contributed by atoms with E-state index >= 15 is 0 Å². The number of anilines is 1. The molecule has 1 amide bonds. The van der Waals surface area contributed by atoms with Crippen LogP contribution < -0.4 is 16.0 Å². The van der Waals surface area contributed by atoms with Crippen molar-refractivity contribution in [2.24, 2.45) is 0 Å². The standard InChI is InChI=1S/C16H12Cl3I2N3OS/c17-16(18,19)14(23-13(25)9-5-7-10(20)8-6-9)24-15(26)22-12-4-2-1-3-11(12)21/h1-8,14H,(H,23,25)(H2,22,24,26)/t14-/m0/s1. The summed E-state index contributed by atoms with van der Waals surface area (Å²) in [6.45, 7) is 0. The number of hydrogen-bond acceptors (Lipinski definition) is 2. The van der Waals surface area contributed by atoms with E-state index in [1.807, 2.05) is 36.4 Å². The van der Waals surface area contributed by atoms with Gasteiger partial charge in [-0.05, 0) is 93.8 Å². The van der Waals surface area contributed by atoms with Gasteiger partial charge in [-0.2, -0.15) is 0 Å². The van der Waals surface area contributed by atoms with E-state index in [0.29, 0.717) is 5.56 Å². The maximum atomic E-state index is 12.4. The number of thiocarbonyl (C=S) groups is 1. The van der Waals surface area contributed by atoms with E-state index in [2.05, 4.69) is 61.1 Å². The van der Waals surface area contributed by atoms with Crippen LogP contribution in [0.3, 0.4) is 0 Å². The Balaban J connectivity index is 2.07. The summed E-state index contributed by atoms with van der Waals surface area (Å²) in [5.41, 5.74) is 1.25. The molecule has 2 rings (SSSR count). The number of alkyl halides is 3. The summed E-state index contributed by atoms with van der Waals surface area (Å²) in [7, 11) is 0. The number of halogens is 5. The first-order valence-electron chi connectivity index (χ1n) is 7.12. The van der Waals surface area contributed by atoms with Gasteiger partial charge in [-0.25, -0.2) is 0 Å². The zero-order valence-corrected chi connectivity index (χ0v) is 20.3. The lowest BCUT2D eigenvalue weighted by atomic mass is 10.2. The molecule has 0 fully saturated rings. The van der Waals surface area contributed by atoms with Gasteiger partial charge in [-0.1, -0.05) is 46.9 Å². The van der Waals surface area contributed by atoms with Crippen molar-refractivity contribution in [3.05, 3.63) is 61.2 Å². The minimum atomic E-state index is -1.81. The van der Waals surface area contributed by atoms with Crippen LogP contribution in [0, 0.1) is 7.14 Å². The van der Waals surface area contributed by atoms with E-state index in [-0.39, 0.29) is 11.0 Å². The van der Waals surface area contributed by atoms with Gasteiger partial charge >= 0.3 is 0 Å². The Bertz CT molecular complexity index is 800. The zero-order valence-electron chi connectivity index (χ0n) is 12.9. The Hall–Kier alpha value is -0.0700. The summed E-state index contributed by atoms with van der Waals surface area (Å²) >= 11 is 27.6. The van der Waals surface area contributed by atoms with Gasteiger partial charge in [-0.3, -0.25) is 4.79 Å². The van der Waals surface area contributed by atoms with Gasteiger partial charge in [0.1, 0.15) is 6.17 Å². The Morgan fingerprint density at radius 1 is 1.00 bits per heavy atom. The lowest BCUT2D eigenvalue weighted by molar-refractivity contribution is 0.0934. The van der Waals surface area contributed by atoms with Crippen molar-refractivity contribution >= 4 is 109 Å². The van der Waals surface area contributed by atoms with Crippen LogP contribution in [-0.4, -0.2) is 21.0 Å². The van der Waals surface area contributed by atoms with Gasteiger partial charge < -0.3 is 16.0 Å². The number of benzene rings is 2. The van der Waals surface area contributed by atoms with Gasteiger partial charge in [0.15, 0.2) is 5.11 Å². The van der Waals surface area contributed by atoms with E-state index in [0.717, 1.165) is 12.8 Å². The highest BCUT2D eigenvalue weighted by Gasteiger charge is 2.34. The number of carbonyl (C=O) groups is 1. The average molecular weight is 655 g/mol. The highest BCUT2D eigenvalue weighted by Crippen LogP contribution is 2.29. The molecule has 3 N–H and O–H groups in total. The van der Waals surface area contributed by atoms with Crippen LogP contribution in [0.25, 0.3) is 0 Å². The fraction of sp³-hybridized carbons (Fsp3) is 0.125. The quantitative estimate of drug-likeness (QED) is 0.181. The second-order valence-electron chi connectivity index (χ2n) is 5.03. The molecule has 0 spiro atoms. The summed E-state index contributed by atoms with van der Waals surface area (Å²) in [5, 5.41) is 8.71. The van der Waals surface area contributed by atoms with Gasteiger partial charge in [0.05, 0.1) is 5.69 Å². The van der Waals surface area contributed by atoms with Gasteiger partial charge in [-0.15, -0.1) is 0 Å². The van der Waals surface area contributed by atoms with Crippen molar-refractivity contribution in [3.63, 3.8) is 0 Å². The van der Waals surface area contributed by atoms with E-state index in [1.165, 1.54) is 0 Å². The number of hydrogen-bond donors (Lipinski definition) is 3. The number of rotatable bonds is 4. The van der Waals surface area contributed by atoms with Crippen LogP contribution in [0.5, 0.6) is 0 Å². The maximum Gasteiger partial charge on any atom is 0.252 e. The molecule has 0 aromatic heterocycles. The molecular formula is C16H12Cl3I2N3OS. The van der Waals surface area contributed by atoms with Crippen LogP contribution in [0.1, 0.15) is 10.4 Å². The SMILES string of the molecule is O=C(N[C@@H](NC(=S)Nc1ccccc1I)C(Cl)(Cl)Cl)c1ccc(I)cc1. The van der Waals surface area contributed by atoms with Crippen LogP contribution in [-0.2, 0) is 0 Å². The number of para-hydroxylation sites is 1. The van der Waals surface area contributed by atoms with Gasteiger partial charge in [0.2, 0.25) is 3.79 Å². The first-order chi connectivity index (χ1) is 12.2. The largest absolute Gasteiger partial charge is 0.339 e. The van der Waals surface area contributed by atoms with E-state index in [9.17, 15) is 4.79 Å². The Labute approximate surface area is 199 Å². The van der Waals surface area contributed by atoms with Crippen molar-refractivity contribution in [1.29, 1.82) is 0 Å². The Morgan fingerprint density at radius 3 is 2.19 bits per heavy atom.